The first kappa shape index (κ1) is 25.9. The van der Waals surface area contributed by atoms with E-state index in [1.54, 1.807) is 31.4 Å². The number of carbonyl (C=O) groups is 3. The first-order valence-electron chi connectivity index (χ1n) is 12.1. The molecule has 0 aromatic heterocycles. The number of carbonyl (C=O) groups excluding carboxylic acids is 3. The van der Waals surface area contributed by atoms with E-state index in [0.717, 1.165) is 5.56 Å². The number of hydrogen-bond acceptors (Lipinski definition) is 6. The van der Waals surface area contributed by atoms with Gasteiger partial charge in [0, 0.05) is 25.1 Å². The highest BCUT2D eigenvalue weighted by Gasteiger charge is 2.40. The Morgan fingerprint density at radius 3 is 2.22 bits per heavy atom. The van der Waals surface area contributed by atoms with Crippen molar-refractivity contribution in [2.45, 2.75) is 19.1 Å². The minimum atomic E-state index is -0.720. The molecule has 1 fully saturated rings. The summed E-state index contributed by atoms with van der Waals surface area (Å²) in [7, 11) is 1.59. The van der Waals surface area contributed by atoms with E-state index in [0.29, 0.717) is 36.6 Å². The maximum absolute atomic E-state index is 13.0. The minimum Gasteiger partial charge on any atom is -0.459 e. The number of benzene rings is 3. The van der Waals surface area contributed by atoms with Gasteiger partial charge in [0.1, 0.15) is 24.1 Å². The van der Waals surface area contributed by atoms with Crippen LogP contribution in [-0.4, -0.2) is 55.5 Å². The molecule has 2 amide bonds. The lowest BCUT2D eigenvalue weighted by molar-refractivity contribution is -0.154. The third-order valence-corrected chi connectivity index (χ3v) is 6.10. The highest BCUT2D eigenvalue weighted by atomic mass is 16.5. The number of methoxy groups -OCH3 is 1. The van der Waals surface area contributed by atoms with E-state index >= 15 is 0 Å². The molecule has 1 aliphatic heterocycles. The van der Waals surface area contributed by atoms with Gasteiger partial charge >= 0.3 is 5.97 Å². The van der Waals surface area contributed by atoms with Gasteiger partial charge in [-0.15, -0.1) is 0 Å². The van der Waals surface area contributed by atoms with E-state index in [1.165, 1.54) is 4.90 Å². The number of ether oxygens (including phenoxy) is 3. The predicted octanol–water partition coefficient (Wildman–Crippen LogP) is 3.82. The number of likely N-dealkylation sites (tertiary alicyclic amines) is 1. The van der Waals surface area contributed by atoms with E-state index in [4.69, 9.17) is 14.2 Å². The topological polar surface area (TPSA) is 94.2 Å². The number of amides is 2. The van der Waals surface area contributed by atoms with Crippen molar-refractivity contribution in [1.82, 2.24) is 10.2 Å². The van der Waals surface area contributed by atoms with Gasteiger partial charge in [-0.25, -0.2) is 4.79 Å². The molecule has 2 atom stereocenters. The van der Waals surface area contributed by atoms with E-state index in [2.05, 4.69) is 5.32 Å². The molecule has 1 aliphatic rings. The molecule has 2 unspecified atom stereocenters. The molecule has 4 rings (SSSR count). The molecule has 37 heavy (non-hydrogen) atoms. The highest BCUT2D eigenvalue weighted by molar-refractivity contribution is 5.97. The predicted molar refractivity (Wildman–Crippen MR) is 137 cm³/mol. The second kappa shape index (κ2) is 12.7. The molecule has 1 heterocycles. The van der Waals surface area contributed by atoms with E-state index in [-0.39, 0.29) is 25.0 Å². The Morgan fingerprint density at radius 2 is 1.54 bits per heavy atom. The first-order chi connectivity index (χ1) is 18.0. The van der Waals surface area contributed by atoms with E-state index < -0.39 is 17.9 Å². The third-order valence-electron chi connectivity index (χ3n) is 6.10. The van der Waals surface area contributed by atoms with Gasteiger partial charge in [-0.1, -0.05) is 48.5 Å². The van der Waals surface area contributed by atoms with Gasteiger partial charge in [0.05, 0.1) is 13.2 Å². The summed E-state index contributed by atoms with van der Waals surface area (Å²) < 4.78 is 16.5. The zero-order chi connectivity index (χ0) is 26.0. The van der Waals surface area contributed by atoms with Crippen molar-refractivity contribution in [2.24, 2.45) is 5.92 Å². The Labute approximate surface area is 216 Å². The summed E-state index contributed by atoms with van der Waals surface area (Å²) in [6, 6.07) is 24.6. The fraction of sp³-hybridized carbons (Fsp3) is 0.276. The van der Waals surface area contributed by atoms with Crippen LogP contribution >= 0.6 is 0 Å². The van der Waals surface area contributed by atoms with Crippen LogP contribution in [0.5, 0.6) is 11.5 Å². The number of hydrogen-bond donors (Lipinski definition) is 1. The molecule has 1 saturated heterocycles. The number of nitrogens with one attached hydrogen (secondary N) is 1. The lowest BCUT2D eigenvalue weighted by Gasteiger charge is -2.23. The standard InChI is InChI=1S/C29H30N2O6/c1-35-19-22-16-26(29(34)36-20-21-8-4-2-5-9-21)31(18-22)27(32)17-30-28(33)23-12-14-25(15-13-23)37-24-10-6-3-7-11-24/h2-15,22,26H,16-20H2,1H3,(H,30,33). The van der Waals surface area contributed by atoms with Gasteiger partial charge in [-0.2, -0.15) is 0 Å². The summed E-state index contributed by atoms with van der Waals surface area (Å²) in [6.07, 6.45) is 0.448. The van der Waals surface area contributed by atoms with Gasteiger partial charge in [-0.05, 0) is 48.4 Å². The maximum Gasteiger partial charge on any atom is 0.329 e. The molecule has 3 aromatic carbocycles. The highest BCUT2D eigenvalue weighted by Crippen LogP contribution is 2.25. The Kier molecular flexibility index (Phi) is 8.89. The largest absolute Gasteiger partial charge is 0.459 e. The maximum atomic E-state index is 13.0. The fourth-order valence-electron chi connectivity index (χ4n) is 4.26. The van der Waals surface area contributed by atoms with E-state index in [9.17, 15) is 14.4 Å². The summed E-state index contributed by atoms with van der Waals surface area (Å²) in [5, 5.41) is 2.65. The molecule has 0 saturated carbocycles. The molecular formula is C29H30N2O6. The average Bonchev–Trinajstić information content (AvgIpc) is 3.36. The normalized spacial score (nSPS) is 16.7. The Hall–Kier alpha value is -4.17. The van der Waals surface area contributed by atoms with Crippen molar-refractivity contribution in [3.63, 3.8) is 0 Å². The van der Waals surface area contributed by atoms with E-state index in [1.807, 2.05) is 60.7 Å². The van der Waals surface area contributed by atoms with Crippen LogP contribution in [0.3, 0.4) is 0 Å². The van der Waals surface area contributed by atoms with Crippen LogP contribution in [0.2, 0.25) is 0 Å². The first-order valence-corrected chi connectivity index (χ1v) is 12.1. The van der Waals surface area contributed by atoms with Crippen LogP contribution in [-0.2, 0) is 25.7 Å². The molecule has 192 valence electrons. The molecule has 8 heteroatoms. The Morgan fingerprint density at radius 1 is 0.892 bits per heavy atom. The average molecular weight is 503 g/mol. The SMILES string of the molecule is COCC1CC(C(=O)OCc2ccccc2)N(C(=O)CNC(=O)c2ccc(Oc3ccccc3)cc2)C1. The minimum absolute atomic E-state index is 0.0103. The Balaban J connectivity index is 1.32. The van der Waals surface area contributed by atoms with Crippen LogP contribution in [0.25, 0.3) is 0 Å². The van der Waals surface area contributed by atoms with Crippen molar-refractivity contribution in [3.05, 3.63) is 96.1 Å². The number of esters is 1. The lowest BCUT2D eigenvalue weighted by atomic mass is 10.1. The quantitative estimate of drug-likeness (QED) is 0.424. The van der Waals surface area contributed by atoms with Crippen molar-refractivity contribution in [1.29, 1.82) is 0 Å². The van der Waals surface area contributed by atoms with Crippen LogP contribution < -0.4 is 10.1 Å². The van der Waals surface area contributed by atoms with Crippen LogP contribution in [0.15, 0.2) is 84.9 Å². The van der Waals surface area contributed by atoms with Crippen LogP contribution in [0.1, 0.15) is 22.3 Å². The van der Waals surface area contributed by atoms with Crippen LogP contribution in [0.4, 0.5) is 0 Å². The fourth-order valence-corrected chi connectivity index (χ4v) is 4.26. The van der Waals surface area contributed by atoms with Crippen molar-refractivity contribution >= 4 is 17.8 Å². The number of rotatable bonds is 10. The summed E-state index contributed by atoms with van der Waals surface area (Å²) in [5.41, 5.74) is 1.26. The van der Waals surface area contributed by atoms with Gasteiger partial charge in [0.2, 0.25) is 5.91 Å². The van der Waals surface area contributed by atoms with Crippen molar-refractivity contribution in [2.75, 3.05) is 26.8 Å². The summed E-state index contributed by atoms with van der Waals surface area (Å²) in [6.45, 7) is 0.687. The zero-order valence-corrected chi connectivity index (χ0v) is 20.7. The molecule has 3 aromatic rings. The smallest absolute Gasteiger partial charge is 0.329 e. The molecule has 1 N–H and O–H groups in total. The molecule has 0 aliphatic carbocycles. The number of nitrogens with zero attached hydrogens (tertiary/aromatic N) is 1. The summed E-state index contributed by atoms with van der Waals surface area (Å²) >= 11 is 0. The van der Waals surface area contributed by atoms with Gasteiger partial charge in [0.15, 0.2) is 0 Å². The molecular weight excluding hydrogens is 472 g/mol. The van der Waals surface area contributed by atoms with Gasteiger partial charge in [0.25, 0.3) is 5.91 Å². The summed E-state index contributed by atoms with van der Waals surface area (Å²) in [4.78, 5) is 40.0. The monoisotopic (exact) mass is 502 g/mol. The Bertz CT molecular complexity index is 1180. The third kappa shape index (κ3) is 7.17. The van der Waals surface area contributed by atoms with Gasteiger partial charge in [-0.3, -0.25) is 9.59 Å². The van der Waals surface area contributed by atoms with Crippen molar-refractivity contribution < 1.29 is 28.6 Å². The zero-order valence-electron chi connectivity index (χ0n) is 20.7. The van der Waals surface area contributed by atoms with Gasteiger partial charge < -0.3 is 24.4 Å². The molecule has 0 spiro atoms. The molecule has 8 nitrogen and oxygen atoms in total. The second-order valence-electron chi connectivity index (χ2n) is 8.83. The van der Waals surface area contributed by atoms with Crippen molar-refractivity contribution in [3.8, 4) is 11.5 Å². The lowest BCUT2D eigenvalue weighted by Crippen LogP contribution is -2.46. The number of para-hydroxylation sites is 1. The second-order valence-corrected chi connectivity index (χ2v) is 8.83. The van der Waals surface area contributed by atoms with Crippen LogP contribution in [0, 0.1) is 5.92 Å². The molecule has 0 bridgehead atoms. The molecule has 0 radical (unpaired) electrons. The summed E-state index contributed by atoms with van der Waals surface area (Å²) in [5.74, 6) is 0.0943.